The number of alkyl halides is 1. The van der Waals surface area contributed by atoms with Crippen molar-refractivity contribution in [2.24, 2.45) is 0 Å². The molecular formula is C13H18ClNO4. The summed E-state index contributed by atoms with van der Waals surface area (Å²) in [6.07, 6.45) is 0.537. The van der Waals surface area contributed by atoms with Gasteiger partial charge in [0.05, 0.1) is 6.42 Å². The van der Waals surface area contributed by atoms with Gasteiger partial charge in [0.15, 0.2) is 5.78 Å². The molecule has 5 nitrogen and oxygen atoms in total. The van der Waals surface area contributed by atoms with Crippen LogP contribution in [-0.4, -0.2) is 39.2 Å². The molecule has 106 valence electrons. The van der Waals surface area contributed by atoms with Gasteiger partial charge in [0.25, 0.3) is 0 Å². The Kier molecular flexibility index (Phi) is 5.69. The molecule has 1 rings (SSSR count). The molecular weight excluding hydrogens is 270 g/mol. The van der Waals surface area contributed by atoms with Gasteiger partial charge in [-0.2, -0.15) is 0 Å². The van der Waals surface area contributed by atoms with Gasteiger partial charge >= 0.3 is 0 Å². The predicted molar refractivity (Wildman–Crippen MR) is 70.4 cm³/mol. The van der Waals surface area contributed by atoms with Crippen molar-refractivity contribution in [2.75, 3.05) is 0 Å². The standard InChI is InChI=1S/C13H18ClNO4/c1-8(2)10(16)5-3-4-6-11(17)15-12(18)7-9(14)13(15)19/h9,11,17H,1,3-7H2,2H3. The van der Waals surface area contributed by atoms with Crippen LogP contribution in [0.2, 0.25) is 0 Å². The minimum Gasteiger partial charge on any atom is -0.373 e. The molecule has 0 radical (unpaired) electrons. The average Bonchev–Trinajstić information content (AvgIpc) is 2.58. The smallest absolute Gasteiger partial charge is 0.249 e. The van der Waals surface area contributed by atoms with Gasteiger partial charge in [-0.3, -0.25) is 19.3 Å². The van der Waals surface area contributed by atoms with Crippen LogP contribution in [0.5, 0.6) is 0 Å². The maximum atomic E-state index is 11.5. The van der Waals surface area contributed by atoms with Gasteiger partial charge in [0, 0.05) is 6.42 Å². The van der Waals surface area contributed by atoms with Crippen LogP contribution in [0.25, 0.3) is 0 Å². The van der Waals surface area contributed by atoms with E-state index in [1.165, 1.54) is 0 Å². The molecule has 19 heavy (non-hydrogen) atoms. The van der Waals surface area contributed by atoms with E-state index in [4.69, 9.17) is 11.6 Å². The van der Waals surface area contributed by atoms with Crippen molar-refractivity contribution < 1.29 is 19.5 Å². The van der Waals surface area contributed by atoms with Crippen molar-refractivity contribution >= 4 is 29.2 Å². The number of Topliss-reactive ketones (excluding diaryl/α,β-unsaturated/α-hetero) is 1. The first-order chi connectivity index (χ1) is 8.84. The van der Waals surface area contributed by atoms with E-state index in [-0.39, 0.29) is 18.6 Å². The Balaban J connectivity index is 2.34. The predicted octanol–water partition coefficient (Wildman–Crippen LogP) is 1.38. The monoisotopic (exact) mass is 287 g/mol. The Morgan fingerprint density at radius 3 is 2.63 bits per heavy atom. The molecule has 2 unspecified atom stereocenters. The number of imide groups is 1. The number of aliphatic hydroxyl groups excluding tert-OH is 1. The van der Waals surface area contributed by atoms with Crippen LogP contribution in [0.3, 0.4) is 0 Å². The summed E-state index contributed by atoms with van der Waals surface area (Å²) >= 11 is 5.66. The SMILES string of the molecule is C=C(C)C(=O)CCCCC(O)N1C(=O)CC(Cl)C1=O. The van der Waals surface area contributed by atoms with E-state index in [0.29, 0.717) is 24.8 Å². The van der Waals surface area contributed by atoms with Gasteiger partial charge in [0.1, 0.15) is 11.6 Å². The number of halogens is 1. The number of likely N-dealkylation sites (tertiary alicyclic amines) is 1. The molecule has 0 bridgehead atoms. The van der Waals surface area contributed by atoms with Crippen LogP contribution < -0.4 is 0 Å². The summed E-state index contributed by atoms with van der Waals surface area (Å²) in [5.74, 6) is -1.00. The van der Waals surface area contributed by atoms with Gasteiger partial charge in [0.2, 0.25) is 11.8 Å². The summed E-state index contributed by atoms with van der Waals surface area (Å²) in [6, 6.07) is 0. The quantitative estimate of drug-likeness (QED) is 0.332. The molecule has 0 aliphatic carbocycles. The molecule has 1 N–H and O–H groups in total. The Morgan fingerprint density at radius 1 is 1.53 bits per heavy atom. The largest absolute Gasteiger partial charge is 0.373 e. The zero-order chi connectivity index (χ0) is 14.6. The number of nitrogens with zero attached hydrogens (tertiary/aromatic N) is 1. The highest BCUT2D eigenvalue weighted by Gasteiger charge is 2.40. The summed E-state index contributed by atoms with van der Waals surface area (Å²) < 4.78 is 0. The van der Waals surface area contributed by atoms with Crippen LogP contribution in [-0.2, 0) is 14.4 Å². The molecule has 1 aliphatic rings. The van der Waals surface area contributed by atoms with Crippen LogP contribution in [0.1, 0.15) is 39.0 Å². The van der Waals surface area contributed by atoms with E-state index in [1.54, 1.807) is 6.92 Å². The van der Waals surface area contributed by atoms with Crippen LogP contribution >= 0.6 is 11.6 Å². The molecule has 1 aliphatic heterocycles. The summed E-state index contributed by atoms with van der Waals surface area (Å²) in [5, 5.41) is 8.94. The van der Waals surface area contributed by atoms with Crippen molar-refractivity contribution in [3.8, 4) is 0 Å². The Hall–Kier alpha value is -1.20. The number of carbonyl (C=O) groups excluding carboxylic acids is 3. The maximum Gasteiger partial charge on any atom is 0.249 e. The fourth-order valence-electron chi connectivity index (χ4n) is 1.88. The third kappa shape index (κ3) is 4.14. The molecule has 0 aromatic carbocycles. The fourth-order valence-corrected chi connectivity index (χ4v) is 2.12. The van der Waals surface area contributed by atoms with Crippen molar-refractivity contribution in [2.45, 2.75) is 50.6 Å². The lowest BCUT2D eigenvalue weighted by atomic mass is 10.1. The lowest BCUT2D eigenvalue weighted by Crippen LogP contribution is -2.40. The molecule has 2 amide bonds. The van der Waals surface area contributed by atoms with Crippen molar-refractivity contribution in [1.82, 2.24) is 4.90 Å². The number of aliphatic hydroxyl groups is 1. The van der Waals surface area contributed by atoms with Gasteiger partial charge in [-0.05, 0) is 31.8 Å². The summed E-state index contributed by atoms with van der Waals surface area (Å²) in [7, 11) is 0. The zero-order valence-corrected chi connectivity index (χ0v) is 11.7. The zero-order valence-electron chi connectivity index (χ0n) is 10.9. The van der Waals surface area contributed by atoms with Gasteiger partial charge in [-0.25, -0.2) is 0 Å². The minimum absolute atomic E-state index is 0.0105. The van der Waals surface area contributed by atoms with Crippen molar-refractivity contribution in [1.29, 1.82) is 0 Å². The molecule has 0 aromatic rings. The van der Waals surface area contributed by atoms with Gasteiger partial charge < -0.3 is 5.11 Å². The average molecular weight is 288 g/mol. The van der Waals surface area contributed by atoms with Crippen LogP contribution in [0.15, 0.2) is 12.2 Å². The van der Waals surface area contributed by atoms with Crippen LogP contribution in [0, 0.1) is 0 Å². The number of hydrogen-bond donors (Lipinski definition) is 1. The molecule has 0 saturated carbocycles. The van der Waals surface area contributed by atoms with E-state index in [0.717, 1.165) is 4.90 Å². The van der Waals surface area contributed by atoms with E-state index in [2.05, 4.69) is 6.58 Å². The molecule has 1 saturated heterocycles. The Bertz CT molecular complexity index is 407. The normalized spacial score (nSPS) is 20.8. The second-order valence-electron chi connectivity index (χ2n) is 4.70. The molecule has 1 heterocycles. The third-order valence-corrected chi connectivity index (χ3v) is 3.36. The lowest BCUT2D eigenvalue weighted by molar-refractivity contribution is -0.149. The number of rotatable bonds is 7. The van der Waals surface area contributed by atoms with Crippen molar-refractivity contribution in [3.63, 3.8) is 0 Å². The number of hydrogen-bond acceptors (Lipinski definition) is 4. The van der Waals surface area contributed by atoms with E-state index < -0.39 is 23.4 Å². The molecule has 1 fully saturated rings. The highest BCUT2D eigenvalue weighted by Crippen LogP contribution is 2.22. The number of unbranched alkanes of at least 4 members (excludes halogenated alkanes) is 1. The Labute approximate surface area is 117 Å². The molecule has 0 spiro atoms. The molecule has 6 heteroatoms. The second kappa shape index (κ2) is 6.82. The first-order valence-electron chi connectivity index (χ1n) is 6.21. The first-order valence-corrected chi connectivity index (χ1v) is 6.65. The fraction of sp³-hybridized carbons (Fsp3) is 0.615. The highest BCUT2D eigenvalue weighted by molar-refractivity contribution is 6.35. The molecule has 0 aromatic heterocycles. The third-order valence-electron chi connectivity index (χ3n) is 3.02. The van der Waals surface area contributed by atoms with E-state index >= 15 is 0 Å². The number of ketones is 1. The summed E-state index contributed by atoms with van der Waals surface area (Å²) in [6.45, 7) is 5.20. The van der Waals surface area contributed by atoms with Crippen molar-refractivity contribution in [3.05, 3.63) is 12.2 Å². The second-order valence-corrected chi connectivity index (χ2v) is 5.23. The van der Waals surface area contributed by atoms with E-state index in [9.17, 15) is 19.5 Å². The first kappa shape index (κ1) is 15.9. The summed E-state index contributed by atoms with van der Waals surface area (Å²) in [5.41, 5.74) is 0.510. The Morgan fingerprint density at radius 2 is 2.16 bits per heavy atom. The van der Waals surface area contributed by atoms with Crippen LogP contribution in [0.4, 0.5) is 0 Å². The number of amides is 2. The van der Waals surface area contributed by atoms with Gasteiger partial charge in [-0.15, -0.1) is 11.6 Å². The highest BCUT2D eigenvalue weighted by atomic mass is 35.5. The molecule has 2 atom stereocenters. The van der Waals surface area contributed by atoms with Gasteiger partial charge in [-0.1, -0.05) is 6.58 Å². The minimum atomic E-state index is -1.15. The topological polar surface area (TPSA) is 74.7 Å². The lowest BCUT2D eigenvalue weighted by Gasteiger charge is -2.21. The maximum absolute atomic E-state index is 11.5. The summed E-state index contributed by atoms with van der Waals surface area (Å²) in [4.78, 5) is 35.1. The number of carbonyl (C=O) groups is 3. The number of allylic oxidation sites excluding steroid dienone is 1. The van der Waals surface area contributed by atoms with E-state index in [1.807, 2.05) is 0 Å².